The maximum Gasteiger partial charge on any atom is 0.227 e. The molecule has 6 heteroatoms. The molecule has 0 saturated carbocycles. The molecule has 1 saturated heterocycles. The second-order valence-corrected chi connectivity index (χ2v) is 7.45. The Morgan fingerprint density at radius 3 is 2.43 bits per heavy atom. The number of hydrogen-bond donors (Lipinski definition) is 1. The predicted molar refractivity (Wildman–Crippen MR) is 117 cm³/mol. The van der Waals surface area contributed by atoms with Gasteiger partial charge in [-0.05, 0) is 49.2 Å². The van der Waals surface area contributed by atoms with Gasteiger partial charge in [-0.15, -0.1) is 0 Å². The fourth-order valence-corrected chi connectivity index (χ4v) is 3.68. The van der Waals surface area contributed by atoms with Crippen molar-refractivity contribution >= 4 is 34.7 Å². The van der Waals surface area contributed by atoms with Crippen LogP contribution < -0.4 is 15.1 Å². The molecule has 0 amide bonds. The Morgan fingerprint density at radius 2 is 1.64 bits per heavy atom. The van der Waals surface area contributed by atoms with Crippen LogP contribution in [-0.4, -0.2) is 36.1 Å². The third-order valence-electron chi connectivity index (χ3n) is 5.26. The van der Waals surface area contributed by atoms with Crippen LogP contribution in [0, 0.1) is 13.8 Å². The van der Waals surface area contributed by atoms with Gasteiger partial charge < -0.3 is 15.1 Å². The number of nitrogens with zero attached hydrogens (tertiary/aromatic N) is 4. The molecule has 0 spiro atoms. The lowest BCUT2D eigenvalue weighted by Gasteiger charge is -2.37. The second kappa shape index (κ2) is 8.07. The Hall–Kier alpha value is -2.79. The van der Waals surface area contributed by atoms with Gasteiger partial charge in [-0.1, -0.05) is 35.9 Å². The second-order valence-electron chi connectivity index (χ2n) is 7.04. The van der Waals surface area contributed by atoms with Gasteiger partial charge in [0.25, 0.3) is 0 Å². The summed E-state index contributed by atoms with van der Waals surface area (Å²) in [5.74, 6) is 1.49. The normalized spacial score (nSPS) is 14.2. The molecule has 28 heavy (non-hydrogen) atoms. The number of aromatic nitrogens is 2. The molecule has 0 radical (unpaired) electrons. The van der Waals surface area contributed by atoms with E-state index in [9.17, 15) is 0 Å². The Morgan fingerprint density at radius 1 is 0.893 bits per heavy atom. The van der Waals surface area contributed by atoms with Gasteiger partial charge in [-0.2, -0.15) is 4.98 Å². The highest BCUT2D eigenvalue weighted by Crippen LogP contribution is 2.26. The lowest BCUT2D eigenvalue weighted by Crippen LogP contribution is -2.47. The van der Waals surface area contributed by atoms with E-state index < -0.39 is 0 Å². The number of anilines is 4. The fraction of sp³-hybridized carbons (Fsp3) is 0.273. The third-order valence-corrected chi connectivity index (χ3v) is 5.59. The first-order valence-electron chi connectivity index (χ1n) is 9.52. The van der Waals surface area contributed by atoms with Crippen molar-refractivity contribution < 1.29 is 0 Å². The molecule has 1 aromatic heterocycles. The summed E-state index contributed by atoms with van der Waals surface area (Å²) in [5, 5.41) is 3.95. The molecule has 1 aliphatic heterocycles. The maximum absolute atomic E-state index is 6.24. The summed E-state index contributed by atoms with van der Waals surface area (Å²) < 4.78 is 0. The van der Waals surface area contributed by atoms with Crippen molar-refractivity contribution in [3.8, 4) is 0 Å². The van der Waals surface area contributed by atoms with Crippen molar-refractivity contribution in [3.05, 3.63) is 70.9 Å². The Labute approximate surface area is 171 Å². The highest BCUT2D eigenvalue weighted by Gasteiger charge is 2.20. The maximum atomic E-state index is 6.24. The molecule has 5 nitrogen and oxygen atoms in total. The van der Waals surface area contributed by atoms with Crippen LogP contribution in [0.2, 0.25) is 5.02 Å². The SMILES string of the molecule is Cc1cccc(N2CCN(c3nccc(Nc4ccccc4Cl)n3)CC2)c1C. The number of rotatable bonds is 4. The van der Waals surface area contributed by atoms with Gasteiger partial charge in [0.2, 0.25) is 5.95 Å². The van der Waals surface area contributed by atoms with Crippen LogP contribution in [0.4, 0.5) is 23.1 Å². The summed E-state index contributed by atoms with van der Waals surface area (Å²) >= 11 is 6.24. The molecule has 1 N–H and O–H groups in total. The van der Waals surface area contributed by atoms with E-state index in [1.54, 1.807) is 6.20 Å². The first kappa shape index (κ1) is 18.6. The largest absolute Gasteiger partial charge is 0.368 e. The average Bonchev–Trinajstić information content (AvgIpc) is 2.72. The first-order valence-corrected chi connectivity index (χ1v) is 9.90. The molecule has 4 rings (SSSR count). The first-order chi connectivity index (χ1) is 13.6. The van der Waals surface area contributed by atoms with Crippen LogP contribution in [0.1, 0.15) is 11.1 Å². The molecule has 0 unspecified atom stereocenters. The van der Waals surface area contributed by atoms with Crippen molar-refractivity contribution in [1.82, 2.24) is 9.97 Å². The molecule has 1 aliphatic rings. The van der Waals surface area contributed by atoms with Crippen LogP contribution in [0.3, 0.4) is 0 Å². The summed E-state index contributed by atoms with van der Waals surface area (Å²) in [6.45, 7) is 8.06. The molecule has 0 atom stereocenters. The summed E-state index contributed by atoms with van der Waals surface area (Å²) in [7, 11) is 0. The molecule has 3 aromatic rings. The van der Waals surface area contributed by atoms with Crippen molar-refractivity contribution in [2.24, 2.45) is 0 Å². The van der Waals surface area contributed by atoms with Crippen molar-refractivity contribution in [1.29, 1.82) is 0 Å². The van der Waals surface area contributed by atoms with Crippen molar-refractivity contribution in [3.63, 3.8) is 0 Å². The molecular weight excluding hydrogens is 370 g/mol. The number of nitrogens with one attached hydrogen (secondary N) is 1. The molecule has 144 valence electrons. The van der Waals surface area contributed by atoms with E-state index in [1.165, 1.54) is 16.8 Å². The lowest BCUT2D eigenvalue weighted by atomic mass is 10.1. The topological polar surface area (TPSA) is 44.3 Å². The van der Waals surface area contributed by atoms with Gasteiger partial charge in [0, 0.05) is 38.1 Å². The van der Waals surface area contributed by atoms with E-state index in [0.29, 0.717) is 5.02 Å². The lowest BCUT2D eigenvalue weighted by molar-refractivity contribution is 0.639. The molecular formula is C22H24ClN5. The van der Waals surface area contributed by atoms with E-state index in [1.807, 2.05) is 30.3 Å². The zero-order chi connectivity index (χ0) is 19.5. The van der Waals surface area contributed by atoms with E-state index >= 15 is 0 Å². The van der Waals surface area contributed by atoms with Crippen LogP contribution in [0.5, 0.6) is 0 Å². The quantitative estimate of drug-likeness (QED) is 0.688. The smallest absolute Gasteiger partial charge is 0.227 e. The Kier molecular flexibility index (Phi) is 5.35. The number of halogens is 1. The van der Waals surface area contributed by atoms with E-state index in [0.717, 1.165) is 43.6 Å². The van der Waals surface area contributed by atoms with Gasteiger partial charge in [-0.3, -0.25) is 0 Å². The number of para-hydroxylation sites is 1. The van der Waals surface area contributed by atoms with Gasteiger partial charge in [0.1, 0.15) is 5.82 Å². The van der Waals surface area contributed by atoms with Crippen molar-refractivity contribution in [2.75, 3.05) is 41.3 Å². The van der Waals surface area contributed by atoms with Gasteiger partial charge in [0.05, 0.1) is 10.7 Å². The zero-order valence-electron chi connectivity index (χ0n) is 16.2. The van der Waals surface area contributed by atoms with Crippen molar-refractivity contribution in [2.45, 2.75) is 13.8 Å². The van der Waals surface area contributed by atoms with E-state index in [2.05, 4.69) is 57.1 Å². The van der Waals surface area contributed by atoms with Gasteiger partial charge in [0.15, 0.2) is 0 Å². The highest BCUT2D eigenvalue weighted by atomic mass is 35.5. The number of aryl methyl sites for hydroxylation is 1. The summed E-state index contributed by atoms with van der Waals surface area (Å²) in [6, 6.07) is 16.0. The number of hydrogen-bond acceptors (Lipinski definition) is 5. The van der Waals surface area contributed by atoms with E-state index in [4.69, 9.17) is 11.6 Å². The minimum absolute atomic E-state index is 0.671. The molecule has 0 aliphatic carbocycles. The third kappa shape index (κ3) is 3.90. The molecule has 2 aromatic carbocycles. The highest BCUT2D eigenvalue weighted by molar-refractivity contribution is 6.33. The minimum atomic E-state index is 0.671. The Balaban J connectivity index is 1.45. The van der Waals surface area contributed by atoms with Gasteiger partial charge >= 0.3 is 0 Å². The zero-order valence-corrected chi connectivity index (χ0v) is 16.9. The fourth-order valence-electron chi connectivity index (χ4n) is 3.50. The molecule has 0 bridgehead atoms. The molecule has 2 heterocycles. The van der Waals surface area contributed by atoms with Gasteiger partial charge in [-0.25, -0.2) is 4.98 Å². The van der Waals surface area contributed by atoms with E-state index in [-0.39, 0.29) is 0 Å². The minimum Gasteiger partial charge on any atom is -0.368 e. The Bertz CT molecular complexity index is 967. The van der Waals surface area contributed by atoms with Crippen LogP contribution in [0.25, 0.3) is 0 Å². The van der Waals surface area contributed by atoms with Crippen LogP contribution in [-0.2, 0) is 0 Å². The predicted octanol–water partition coefficient (Wildman–Crippen LogP) is 4.82. The molecule has 1 fully saturated rings. The monoisotopic (exact) mass is 393 g/mol. The average molecular weight is 394 g/mol. The van der Waals surface area contributed by atoms with Crippen LogP contribution >= 0.6 is 11.6 Å². The van der Waals surface area contributed by atoms with Crippen LogP contribution in [0.15, 0.2) is 54.7 Å². The number of piperazine rings is 1. The summed E-state index contributed by atoms with van der Waals surface area (Å²) in [5.41, 5.74) is 4.86. The summed E-state index contributed by atoms with van der Waals surface area (Å²) in [6.07, 6.45) is 1.79. The standard InChI is InChI=1S/C22H24ClN5/c1-16-6-5-9-20(17(16)2)27-12-14-28(15-13-27)22-24-11-10-21(26-22)25-19-8-4-3-7-18(19)23/h3-11H,12-15H2,1-2H3,(H,24,25,26). The number of benzene rings is 2. The summed E-state index contributed by atoms with van der Waals surface area (Å²) in [4.78, 5) is 13.9.